The number of carbonyl (C=O) groups is 1. The Morgan fingerprint density at radius 1 is 1.20 bits per heavy atom. The average Bonchev–Trinajstić information content (AvgIpc) is 2.49. The third kappa shape index (κ3) is 3.33. The van der Waals surface area contributed by atoms with Crippen LogP contribution in [0, 0.1) is 0 Å². The quantitative estimate of drug-likeness (QED) is 0.820. The molecule has 0 radical (unpaired) electrons. The van der Waals surface area contributed by atoms with E-state index in [1.54, 1.807) is 0 Å². The number of nitrogens with two attached hydrogens (primary N) is 1. The Morgan fingerprint density at radius 2 is 1.85 bits per heavy atom. The van der Waals surface area contributed by atoms with Gasteiger partial charge in [-0.1, -0.05) is 43.0 Å². The number of amides is 1. The highest BCUT2D eigenvalue weighted by Gasteiger charge is 2.40. The molecule has 3 nitrogen and oxygen atoms in total. The molecule has 0 atom stereocenters. The van der Waals surface area contributed by atoms with Crippen molar-refractivity contribution >= 4 is 17.5 Å². The smallest absolute Gasteiger partial charge is 0.230 e. The van der Waals surface area contributed by atoms with Crippen LogP contribution in [0.3, 0.4) is 0 Å². The Labute approximate surface area is 125 Å². The van der Waals surface area contributed by atoms with Gasteiger partial charge in [0.2, 0.25) is 5.91 Å². The van der Waals surface area contributed by atoms with Gasteiger partial charge in [0.15, 0.2) is 0 Å². The predicted octanol–water partition coefficient (Wildman–Crippen LogP) is 3.01. The predicted molar refractivity (Wildman–Crippen MR) is 82.9 cm³/mol. The molecule has 1 aromatic rings. The molecule has 4 heteroatoms. The van der Waals surface area contributed by atoms with Crippen molar-refractivity contribution in [3.8, 4) is 0 Å². The van der Waals surface area contributed by atoms with Crippen molar-refractivity contribution in [3.05, 3.63) is 34.9 Å². The fraction of sp³-hybridized carbons (Fsp3) is 0.562. The van der Waals surface area contributed by atoms with Gasteiger partial charge in [0, 0.05) is 11.6 Å². The van der Waals surface area contributed by atoms with Crippen LogP contribution in [0.25, 0.3) is 0 Å². The van der Waals surface area contributed by atoms with Crippen molar-refractivity contribution in [1.82, 2.24) is 5.32 Å². The van der Waals surface area contributed by atoms with Crippen LogP contribution < -0.4 is 11.1 Å². The Balaban J connectivity index is 2.20. The topological polar surface area (TPSA) is 55.1 Å². The lowest BCUT2D eigenvalue weighted by Gasteiger charge is -2.36. The number of hydrogen-bond donors (Lipinski definition) is 2. The normalized spacial score (nSPS) is 17.7. The molecule has 2 rings (SSSR count). The van der Waals surface area contributed by atoms with Crippen LogP contribution in [-0.2, 0) is 10.2 Å². The fourth-order valence-corrected chi connectivity index (χ4v) is 3.17. The summed E-state index contributed by atoms with van der Waals surface area (Å²) in [5, 5.41) is 3.77. The van der Waals surface area contributed by atoms with Crippen molar-refractivity contribution < 1.29 is 4.79 Å². The largest absolute Gasteiger partial charge is 0.355 e. The third-order valence-electron chi connectivity index (χ3n) is 4.21. The van der Waals surface area contributed by atoms with Crippen molar-refractivity contribution in [1.29, 1.82) is 0 Å². The monoisotopic (exact) mass is 294 g/mol. The summed E-state index contributed by atoms with van der Waals surface area (Å²) >= 11 is 5.96. The van der Waals surface area contributed by atoms with E-state index in [9.17, 15) is 4.79 Å². The summed E-state index contributed by atoms with van der Waals surface area (Å²) in [5.41, 5.74) is 6.20. The summed E-state index contributed by atoms with van der Waals surface area (Å²) in [6.07, 6.45) is 6.08. The summed E-state index contributed by atoms with van der Waals surface area (Å²) in [5.74, 6) is 0.146. The van der Waals surface area contributed by atoms with Gasteiger partial charge in [-0.15, -0.1) is 0 Å². The van der Waals surface area contributed by atoms with E-state index in [-0.39, 0.29) is 11.3 Å². The van der Waals surface area contributed by atoms with Gasteiger partial charge in [0.1, 0.15) is 0 Å². The van der Waals surface area contributed by atoms with Crippen LogP contribution in [0.4, 0.5) is 0 Å². The van der Waals surface area contributed by atoms with E-state index in [4.69, 9.17) is 17.3 Å². The van der Waals surface area contributed by atoms with E-state index in [1.807, 2.05) is 24.3 Å². The van der Waals surface area contributed by atoms with E-state index in [0.29, 0.717) is 18.1 Å². The molecule has 1 amide bonds. The van der Waals surface area contributed by atoms with E-state index < -0.39 is 0 Å². The van der Waals surface area contributed by atoms with Gasteiger partial charge in [-0.05, 0) is 43.5 Å². The Bertz CT molecular complexity index is 438. The molecule has 1 aliphatic rings. The van der Waals surface area contributed by atoms with Gasteiger partial charge in [-0.3, -0.25) is 4.79 Å². The van der Waals surface area contributed by atoms with Crippen LogP contribution in [0.5, 0.6) is 0 Å². The number of hydrogen-bond acceptors (Lipinski definition) is 2. The molecule has 1 fully saturated rings. The van der Waals surface area contributed by atoms with Crippen LogP contribution in [-0.4, -0.2) is 19.0 Å². The van der Waals surface area contributed by atoms with Crippen molar-refractivity contribution in [2.24, 2.45) is 5.73 Å². The van der Waals surface area contributed by atoms with Gasteiger partial charge in [-0.25, -0.2) is 0 Å². The number of halogens is 1. The number of rotatable bonds is 5. The first-order valence-corrected chi connectivity index (χ1v) is 7.81. The van der Waals surface area contributed by atoms with Gasteiger partial charge in [-0.2, -0.15) is 0 Å². The summed E-state index contributed by atoms with van der Waals surface area (Å²) in [6, 6.07) is 7.74. The van der Waals surface area contributed by atoms with Crippen molar-refractivity contribution in [2.75, 3.05) is 13.1 Å². The second-order valence-electron chi connectivity index (χ2n) is 5.55. The molecule has 1 saturated carbocycles. The van der Waals surface area contributed by atoms with Crippen LogP contribution >= 0.6 is 11.6 Å². The number of carbonyl (C=O) groups excluding carboxylic acids is 1. The second-order valence-corrected chi connectivity index (χ2v) is 5.98. The van der Waals surface area contributed by atoms with E-state index >= 15 is 0 Å². The minimum atomic E-state index is -0.378. The zero-order valence-corrected chi connectivity index (χ0v) is 12.6. The van der Waals surface area contributed by atoms with Gasteiger partial charge >= 0.3 is 0 Å². The van der Waals surface area contributed by atoms with Gasteiger partial charge in [0.25, 0.3) is 0 Å². The molecule has 0 unspecified atom stereocenters. The lowest BCUT2D eigenvalue weighted by atomic mass is 9.68. The molecule has 0 spiro atoms. The fourth-order valence-electron chi connectivity index (χ4n) is 3.04. The number of benzene rings is 1. The molecule has 0 bridgehead atoms. The van der Waals surface area contributed by atoms with Crippen molar-refractivity contribution in [2.45, 2.75) is 43.9 Å². The molecule has 1 aliphatic carbocycles. The van der Waals surface area contributed by atoms with Crippen LogP contribution in [0.15, 0.2) is 24.3 Å². The highest BCUT2D eigenvalue weighted by atomic mass is 35.5. The SMILES string of the molecule is NCCCNC(=O)C1(c2ccc(Cl)cc2)CCCCC1. The summed E-state index contributed by atoms with van der Waals surface area (Å²) in [4.78, 5) is 12.7. The van der Waals surface area contributed by atoms with Gasteiger partial charge in [0.05, 0.1) is 5.41 Å². The third-order valence-corrected chi connectivity index (χ3v) is 4.46. The zero-order valence-electron chi connectivity index (χ0n) is 11.8. The Kier molecular flexibility index (Phi) is 5.44. The number of nitrogens with one attached hydrogen (secondary N) is 1. The lowest BCUT2D eigenvalue weighted by Crippen LogP contribution is -2.46. The van der Waals surface area contributed by atoms with E-state index in [1.165, 1.54) is 6.42 Å². The minimum absolute atomic E-state index is 0.146. The molecule has 110 valence electrons. The average molecular weight is 295 g/mol. The summed E-state index contributed by atoms with van der Waals surface area (Å²) < 4.78 is 0. The second kappa shape index (κ2) is 7.09. The van der Waals surface area contributed by atoms with Crippen LogP contribution in [0.2, 0.25) is 5.02 Å². The molecule has 0 aliphatic heterocycles. The highest BCUT2D eigenvalue weighted by Crippen LogP contribution is 2.40. The molecule has 0 aromatic heterocycles. The maximum absolute atomic E-state index is 12.7. The van der Waals surface area contributed by atoms with Crippen molar-refractivity contribution in [3.63, 3.8) is 0 Å². The molecule has 3 N–H and O–H groups in total. The molecular formula is C16H23ClN2O. The summed E-state index contributed by atoms with van der Waals surface area (Å²) in [7, 11) is 0. The van der Waals surface area contributed by atoms with E-state index in [2.05, 4.69) is 5.32 Å². The Hall–Kier alpha value is -1.06. The maximum atomic E-state index is 12.7. The first kappa shape index (κ1) is 15.3. The molecule has 0 heterocycles. The molecular weight excluding hydrogens is 272 g/mol. The first-order chi connectivity index (χ1) is 9.69. The molecule has 20 heavy (non-hydrogen) atoms. The molecule has 1 aromatic carbocycles. The lowest BCUT2D eigenvalue weighted by molar-refractivity contribution is -0.128. The van der Waals surface area contributed by atoms with Crippen LogP contribution in [0.1, 0.15) is 44.1 Å². The molecule has 0 saturated heterocycles. The minimum Gasteiger partial charge on any atom is -0.355 e. The van der Waals surface area contributed by atoms with Gasteiger partial charge < -0.3 is 11.1 Å². The standard InChI is InChI=1S/C16H23ClN2O/c17-14-7-5-13(6-8-14)16(9-2-1-3-10-16)15(20)19-12-4-11-18/h5-8H,1-4,9-12,18H2,(H,19,20). The zero-order chi connectivity index (χ0) is 14.4. The Morgan fingerprint density at radius 3 is 2.45 bits per heavy atom. The summed E-state index contributed by atoms with van der Waals surface area (Å²) in [6.45, 7) is 1.26. The van der Waals surface area contributed by atoms with E-state index in [0.717, 1.165) is 37.7 Å². The maximum Gasteiger partial charge on any atom is 0.230 e. The first-order valence-electron chi connectivity index (χ1n) is 7.43. The highest BCUT2D eigenvalue weighted by molar-refractivity contribution is 6.30.